The lowest BCUT2D eigenvalue weighted by Gasteiger charge is -2.18. The fourth-order valence-corrected chi connectivity index (χ4v) is 1.08. The molecule has 10 heavy (non-hydrogen) atoms. The molecule has 5 nitrogen and oxygen atoms in total. The molecule has 1 N–H and O–H groups in total. The van der Waals surface area contributed by atoms with Crippen LogP contribution in [0, 0.1) is 5.92 Å². The Morgan fingerprint density at radius 1 is 1.70 bits per heavy atom. The molecule has 1 aromatic rings. The first-order chi connectivity index (χ1) is 4.86. The smallest absolute Gasteiger partial charge is 0.242 e. The average molecular weight is 139 g/mol. The third-order valence-corrected chi connectivity index (χ3v) is 1.63. The van der Waals surface area contributed by atoms with Gasteiger partial charge in [-0.25, -0.2) is 4.68 Å². The standard InChI is InChI=1S/C5H9N5/c1-4-2-6-5-7-8-9-10(5)3-4/h4H,2-3H2,1H3,(H,6,7,9). The van der Waals surface area contributed by atoms with Gasteiger partial charge in [0.05, 0.1) is 6.54 Å². The zero-order chi connectivity index (χ0) is 6.97. The monoisotopic (exact) mass is 139 g/mol. The van der Waals surface area contributed by atoms with Crippen LogP contribution >= 0.6 is 0 Å². The summed E-state index contributed by atoms with van der Waals surface area (Å²) in [5.74, 6) is 1.41. The largest absolute Gasteiger partial charge is 0.353 e. The van der Waals surface area contributed by atoms with Gasteiger partial charge in [-0.1, -0.05) is 12.0 Å². The highest BCUT2D eigenvalue weighted by Gasteiger charge is 2.15. The molecule has 54 valence electrons. The number of hydrogen-bond acceptors (Lipinski definition) is 4. The Kier molecular flexibility index (Phi) is 1.09. The van der Waals surface area contributed by atoms with Crippen LogP contribution < -0.4 is 5.32 Å². The van der Waals surface area contributed by atoms with Crippen molar-refractivity contribution in [1.29, 1.82) is 0 Å². The predicted molar refractivity (Wildman–Crippen MR) is 35.5 cm³/mol. The topological polar surface area (TPSA) is 55.6 Å². The predicted octanol–water partition coefficient (Wildman–Crippen LogP) is -0.265. The lowest BCUT2D eigenvalue weighted by molar-refractivity contribution is 0.436. The van der Waals surface area contributed by atoms with Crippen LogP contribution in [0.1, 0.15) is 6.92 Å². The van der Waals surface area contributed by atoms with Gasteiger partial charge in [0.15, 0.2) is 0 Å². The van der Waals surface area contributed by atoms with Crippen molar-refractivity contribution in [3.05, 3.63) is 0 Å². The number of hydrogen-bond donors (Lipinski definition) is 1. The van der Waals surface area contributed by atoms with Crippen LogP contribution in [0.5, 0.6) is 0 Å². The van der Waals surface area contributed by atoms with Gasteiger partial charge in [0, 0.05) is 6.54 Å². The van der Waals surface area contributed by atoms with E-state index >= 15 is 0 Å². The summed E-state index contributed by atoms with van der Waals surface area (Å²) in [6, 6.07) is 0. The highest BCUT2D eigenvalue weighted by Crippen LogP contribution is 2.10. The van der Waals surface area contributed by atoms with E-state index in [4.69, 9.17) is 0 Å². The van der Waals surface area contributed by atoms with Crippen molar-refractivity contribution in [2.24, 2.45) is 5.92 Å². The fraction of sp³-hybridized carbons (Fsp3) is 0.800. The number of rotatable bonds is 0. The molecule has 1 unspecified atom stereocenters. The Labute approximate surface area is 58.4 Å². The zero-order valence-electron chi connectivity index (χ0n) is 5.78. The van der Waals surface area contributed by atoms with Gasteiger partial charge in [0.25, 0.3) is 0 Å². The molecule has 1 aliphatic rings. The Balaban J connectivity index is 2.30. The number of tetrazole rings is 1. The molecule has 2 rings (SSSR count). The van der Waals surface area contributed by atoms with Gasteiger partial charge < -0.3 is 5.32 Å². The Morgan fingerprint density at radius 3 is 3.50 bits per heavy atom. The van der Waals surface area contributed by atoms with Crippen molar-refractivity contribution in [1.82, 2.24) is 20.2 Å². The van der Waals surface area contributed by atoms with Gasteiger partial charge in [-0.3, -0.25) is 0 Å². The second-order valence-electron chi connectivity index (χ2n) is 2.67. The number of aromatic nitrogens is 4. The summed E-state index contributed by atoms with van der Waals surface area (Å²) in [4.78, 5) is 0. The lowest BCUT2D eigenvalue weighted by Crippen LogP contribution is -2.25. The summed E-state index contributed by atoms with van der Waals surface area (Å²) in [7, 11) is 0. The molecule has 0 saturated heterocycles. The Bertz CT molecular complexity index is 230. The van der Waals surface area contributed by atoms with Crippen molar-refractivity contribution in [3.8, 4) is 0 Å². The van der Waals surface area contributed by atoms with Gasteiger partial charge in [0.2, 0.25) is 5.95 Å². The minimum absolute atomic E-state index is 0.621. The van der Waals surface area contributed by atoms with Crippen molar-refractivity contribution in [2.75, 3.05) is 11.9 Å². The van der Waals surface area contributed by atoms with Gasteiger partial charge >= 0.3 is 0 Å². The van der Waals surface area contributed by atoms with Gasteiger partial charge in [0.1, 0.15) is 0 Å². The summed E-state index contributed by atoms with van der Waals surface area (Å²) in [6.45, 7) is 4.06. The van der Waals surface area contributed by atoms with Crippen LogP contribution in [-0.2, 0) is 6.54 Å². The van der Waals surface area contributed by atoms with E-state index < -0.39 is 0 Å². The molecule has 0 bridgehead atoms. The van der Waals surface area contributed by atoms with E-state index in [9.17, 15) is 0 Å². The first-order valence-corrected chi connectivity index (χ1v) is 3.36. The summed E-state index contributed by atoms with van der Waals surface area (Å²) < 4.78 is 1.79. The normalized spacial score (nSPS) is 23.5. The molecular formula is C5H9N5. The second kappa shape index (κ2) is 1.93. The summed E-state index contributed by atoms with van der Waals surface area (Å²) >= 11 is 0. The van der Waals surface area contributed by atoms with Crippen molar-refractivity contribution >= 4 is 5.95 Å². The minimum Gasteiger partial charge on any atom is -0.353 e. The maximum absolute atomic E-state index is 3.80. The average Bonchev–Trinajstić information content (AvgIpc) is 2.33. The molecule has 0 saturated carbocycles. The Hall–Kier alpha value is -1.13. The van der Waals surface area contributed by atoms with E-state index in [1.165, 1.54) is 0 Å². The number of fused-ring (bicyclic) bond motifs is 1. The maximum Gasteiger partial charge on any atom is 0.242 e. The molecule has 0 fully saturated rings. The van der Waals surface area contributed by atoms with E-state index in [0.29, 0.717) is 5.92 Å². The van der Waals surface area contributed by atoms with Crippen LogP contribution in [0.25, 0.3) is 0 Å². The SMILES string of the molecule is CC1CNc2nnnn2C1. The maximum atomic E-state index is 3.80. The zero-order valence-corrected chi connectivity index (χ0v) is 5.78. The first kappa shape index (κ1) is 5.64. The van der Waals surface area contributed by atoms with Crippen molar-refractivity contribution in [3.63, 3.8) is 0 Å². The molecule has 0 aliphatic carbocycles. The molecule has 1 aliphatic heterocycles. The number of nitrogens with one attached hydrogen (secondary N) is 1. The van der Waals surface area contributed by atoms with Crippen LogP contribution in [-0.4, -0.2) is 26.8 Å². The van der Waals surface area contributed by atoms with Crippen LogP contribution in [0.4, 0.5) is 5.95 Å². The minimum atomic E-state index is 0.621. The molecule has 1 atom stereocenters. The number of nitrogens with zero attached hydrogens (tertiary/aromatic N) is 4. The van der Waals surface area contributed by atoms with Crippen LogP contribution in [0.15, 0.2) is 0 Å². The van der Waals surface area contributed by atoms with Gasteiger partial charge in [-0.15, -0.1) is 0 Å². The molecule has 2 heterocycles. The summed E-state index contributed by atoms with van der Waals surface area (Å²) in [5, 5.41) is 14.2. The summed E-state index contributed by atoms with van der Waals surface area (Å²) in [6.07, 6.45) is 0. The van der Waals surface area contributed by atoms with Crippen LogP contribution in [0.2, 0.25) is 0 Å². The van der Waals surface area contributed by atoms with E-state index in [-0.39, 0.29) is 0 Å². The van der Waals surface area contributed by atoms with Crippen molar-refractivity contribution in [2.45, 2.75) is 13.5 Å². The quantitative estimate of drug-likeness (QED) is 0.537. The molecule has 5 heteroatoms. The molecule has 0 aromatic carbocycles. The van der Waals surface area contributed by atoms with E-state index in [1.54, 1.807) is 4.68 Å². The second-order valence-corrected chi connectivity index (χ2v) is 2.67. The molecule has 1 aromatic heterocycles. The van der Waals surface area contributed by atoms with E-state index in [2.05, 4.69) is 27.8 Å². The molecule has 0 amide bonds. The molecular weight excluding hydrogens is 130 g/mol. The first-order valence-electron chi connectivity index (χ1n) is 3.36. The fourth-order valence-electron chi connectivity index (χ4n) is 1.08. The highest BCUT2D eigenvalue weighted by molar-refractivity contribution is 5.23. The van der Waals surface area contributed by atoms with Crippen LogP contribution in [0.3, 0.4) is 0 Å². The summed E-state index contributed by atoms with van der Waals surface area (Å²) in [5.41, 5.74) is 0. The van der Waals surface area contributed by atoms with Gasteiger partial charge in [-0.2, -0.15) is 0 Å². The molecule has 0 spiro atoms. The lowest BCUT2D eigenvalue weighted by atomic mass is 10.1. The van der Waals surface area contributed by atoms with Crippen molar-refractivity contribution < 1.29 is 0 Å². The van der Waals surface area contributed by atoms with E-state index in [1.807, 2.05) is 0 Å². The van der Waals surface area contributed by atoms with E-state index in [0.717, 1.165) is 19.0 Å². The third-order valence-electron chi connectivity index (χ3n) is 1.63. The van der Waals surface area contributed by atoms with Gasteiger partial charge in [-0.05, 0) is 16.3 Å². The third kappa shape index (κ3) is 0.741. The highest BCUT2D eigenvalue weighted by atomic mass is 15.6. The molecule has 0 radical (unpaired) electrons. The Morgan fingerprint density at radius 2 is 2.60 bits per heavy atom. The number of anilines is 1.